The summed E-state index contributed by atoms with van der Waals surface area (Å²) >= 11 is 4.44. The number of hydrogen-bond donors (Lipinski definition) is 1. The largest absolute Gasteiger partial charge is 0.478 e. The lowest BCUT2D eigenvalue weighted by molar-refractivity contribution is 0.0696. The van der Waals surface area contributed by atoms with Crippen LogP contribution >= 0.6 is 27.3 Å². The molecular weight excluding hydrogens is 366 g/mol. The number of hydrogen-bond acceptors (Lipinski definition) is 5. The fourth-order valence-corrected chi connectivity index (χ4v) is 4.87. The Morgan fingerprint density at radius 3 is 2.70 bits per heavy atom. The summed E-state index contributed by atoms with van der Waals surface area (Å²) in [5, 5.41) is 9.02. The molecule has 1 aromatic carbocycles. The minimum absolute atomic E-state index is 0.0256. The Labute approximate surface area is 128 Å². The number of carbonyl (C=O) groups is 1. The Kier molecular flexibility index (Phi) is 4.26. The topological polar surface area (TPSA) is 84.3 Å². The summed E-state index contributed by atoms with van der Waals surface area (Å²) in [7, 11) is -3.62. The second kappa shape index (κ2) is 5.63. The molecule has 106 valence electrons. The monoisotopic (exact) mass is 375 g/mol. The maximum Gasteiger partial charge on any atom is 0.335 e. The van der Waals surface area contributed by atoms with Gasteiger partial charge >= 0.3 is 5.97 Å². The molecule has 1 N–H and O–H groups in total. The van der Waals surface area contributed by atoms with Gasteiger partial charge in [-0.05, 0) is 24.6 Å². The van der Waals surface area contributed by atoms with Crippen molar-refractivity contribution in [3.8, 4) is 0 Å². The van der Waals surface area contributed by atoms with Gasteiger partial charge in [-0.2, -0.15) is 0 Å². The summed E-state index contributed by atoms with van der Waals surface area (Å²) in [4.78, 5) is 15.5. The normalized spacial score (nSPS) is 11.5. The Hall–Kier alpha value is -1.25. The van der Waals surface area contributed by atoms with Gasteiger partial charge in [0.2, 0.25) is 0 Å². The van der Waals surface area contributed by atoms with Crippen LogP contribution in [-0.2, 0) is 15.6 Å². The molecule has 0 radical (unpaired) electrons. The lowest BCUT2D eigenvalue weighted by Crippen LogP contribution is -2.09. The highest BCUT2D eigenvalue weighted by Gasteiger charge is 2.22. The quantitative estimate of drug-likeness (QED) is 0.887. The van der Waals surface area contributed by atoms with Gasteiger partial charge in [-0.3, -0.25) is 4.98 Å². The van der Waals surface area contributed by atoms with Crippen LogP contribution < -0.4 is 0 Å². The Morgan fingerprint density at radius 1 is 1.45 bits per heavy atom. The predicted octanol–water partition coefficient (Wildman–Crippen LogP) is 2.89. The van der Waals surface area contributed by atoms with Crippen LogP contribution in [0.15, 0.2) is 33.2 Å². The first kappa shape index (κ1) is 15.1. The number of sulfone groups is 1. The summed E-state index contributed by atoms with van der Waals surface area (Å²) < 4.78 is 25.3. The third-order valence-corrected chi connectivity index (χ3v) is 6.27. The van der Waals surface area contributed by atoms with Crippen molar-refractivity contribution in [2.24, 2.45) is 0 Å². The second-order valence-corrected chi connectivity index (χ2v) is 7.90. The van der Waals surface area contributed by atoms with Gasteiger partial charge in [0, 0.05) is 15.5 Å². The molecule has 8 heteroatoms. The van der Waals surface area contributed by atoms with Gasteiger partial charge in [-0.15, -0.1) is 11.3 Å². The molecule has 20 heavy (non-hydrogen) atoms. The molecule has 2 aromatic rings. The smallest absolute Gasteiger partial charge is 0.335 e. The van der Waals surface area contributed by atoms with Crippen LogP contribution in [-0.4, -0.2) is 24.5 Å². The third kappa shape index (κ3) is 3.08. The van der Waals surface area contributed by atoms with Crippen molar-refractivity contribution in [3.05, 3.63) is 44.3 Å². The lowest BCUT2D eigenvalue weighted by atomic mass is 10.1. The van der Waals surface area contributed by atoms with E-state index >= 15 is 0 Å². The average Bonchev–Trinajstić information content (AvgIpc) is 2.83. The molecule has 0 aliphatic carbocycles. The standard InChI is InChI=1S/C12H10BrNO4S2/c1-7-10(13)2-8(12(15)16)3-11(7)20(17,18)5-9-4-14-6-19-9/h2-4,6H,5H2,1H3,(H,15,16). The summed E-state index contributed by atoms with van der Waals surface area (Å²) in [6.45, 7) is 1.63. The van der Waals surface area contributed by atoms with E-state index in [-0.39, 0.29) is 16.2 Å². The van der Waals surface area contributed by atoms with Crippen molar-refractivity contribution < 1.29 is 18.3 Å². The lowest BCUT2D eigenvalue weighted by Gasteiger charge is -2.10. The van der Waals surface area contributed by atoms with E-state index in [2.05, 4.69) is 20.9 Å². The number of nitrogens with zero attached hydrogens (tertiary/aromatic N) is 1. The zero-order chi connectivity index (χ0) is 14.9. The zero-order valence-corrected chi connectivity index (χ0v) is 13.5. The van der Waals surface area contributed by atoms with E-state index in [4.69, 9.17) is 5.11 Å². The highest BCUT2D eigenvalue weighted by Crippen LogP contribution is 2.28. The van der Waals surface area contributed by atoms with Gasteiger partial charge in [-0.1, -0.05) is 15.9 Å². The molecule has 0 unspecified atom stereocenters. The fraction of sp³-hybridized carbons (Fsp3) is 0.167. The summed E-state index contributed by atoms with van der Waals surface area (Å²) in [5.41, 5.74) is 1.99. The SMILES string of the molecule is Cc1c(Br)cc(C(=O)O)cc1S(=O)(=O)Cc1cncs1. The molecule has 0 fully saturated rings. The molecule has 0 bridgehead atoms. The molecule has 0 saturated carbocycles. The molecule has 0 aliphatic rings. The van der Waals surface area contributed by atoms with Crippen LogP contribution in [0, 0.1) is 6.92 Å². The van der Waals surface area contributed by atoms with Gasteiger partial charge in [0.05, 0.1) is 21.7 Å². The number of carboxylic acids is 1. The van der Waals surface area contributed by atoms with E-state index in [0.29, 0.717) is 14.9 Å². The number of carboxylic acid groups (broad SMARTS) is 1. The first-order valence-corrected chi connectivity index (χ1v) is 8.77. The van der Waals surface area contributed by atoms with Crippen LogP contribution in [0.4, 0.5) is 0 Å². The van der Waals surface area contributed by atoms with E-state index in [1.165, 1.54) is 29.7 Å². The summed E-state index contributed by atoms with van der Waals surface area (Å²) in [6.07, 6.45) is 1.49. The molecule has 0 saturated heterocycles. The van der Waals surface area contributed by atoms with Gasteiger partial charge in [-0.25, -0.2) is 13.2 Å². The van der Waals surface area contributed by atoms with E-state index < -0.39 is 15.8 Å². The van der Waals surface area contributed by atoms with Crippen LogP contribution in [0.1, 0.15) is 20.8 Å². The van der Waals surface area contributed by atoms with Crippen molar-refractivity contribution in [2.45, 2.75) is 17.6 Å². The number of halogens is 1. The van der Waals surface area contributed by atoms with Crippen molar-refractivity contribution in [1.82, 2.24) is 4.98 Å². The first-order valence-electron chi connectivity index (χ1n) is 5.45. The van der Waals surface area contributed by atoms with Gasteiger partial charge in [0.25, 0.3) is 0 Å². The molecule has 0 spiro atoms. The van der Waals surface area contributed by atoms with Gasteiger partial charge < -0.3 is 5.11 Å². The summed E-state index contributed by atoms with van der Waals surface area (Å²) in [5.74, 6) is -1.35. The van der Waals surface area contributed by atoms with Crippen LogP contribution in [0.3, 0.4) is 0 Å². The van der Waals surface area contributed by atoms with Crippen LogP contribution in [0.25, 0.3) is 0 Å². The zero-order valence-electron chi connectivity index (χ0n) is 10.3. The Morgan fingerprint density at radius 2 is 2.15 bits per heavy atom. The van der Waals surface area contributed by atoms with Crippen molar-refractivity contribution in [3.63, 3.8) is 0 Å². The highest BCUT2D eigenvalue weighted by atomic mass is 79.9. The number of aromatic nitrogens is 1. The number of thiazole rings is 1. The number of aromatic carboxylic acids is 1. The average molecular weight is 376 g/mol. The molecule has 1 aromatic heterocycles. The fourth-order valence-electron chi connectivity index (χ4n) is 1.68. The third-order valence-electron chi connectivity index (χ3n) is 2.69. The summed E-state index contributed by atoms with van der Waals surface area (Å²) in [6, 6.07) is 2.59. The molecule has 0 aliphatic heterocycles. The van der Waals surface area contributed by atoms with E-state index in [1.54, 1.807) is 12.4 Å². The van der Waals surface area contributed by atoms with Crippen LogP contribution in [0.2, 0.25) is 0 Å². The Balaban J connectivity index is 2.53. The van der Waals surface area contributed by atoms with Gasteiger partial charge in [0.15, 0.2) is 9.84 Å². The molecule has 0 atom stereocenters. The predicted molar refractivity (Wildman–Crippen MR) is 78.8 cm³/mol. The molecule has 1 heterocycles. The minimum Gasteiger partial charge on any atom is -0.478 e. The van der Waals surface area contributed by atoms with Crippen molar-refractivity contribution >= 4 is 43.1 Å². The number of rotatable bonds is 4. The second-order valence-electron chi connectivity index (χ2n) is 4.11. The highest BCUT2D eigenvalue weighted by molar-refractivity contribution is 9.10. The Bertz CT molecular complexity index is 754. The maximum absolute atomic E-state index is 12.4. The molecule has 5 nitrogen and oxygen atoms in total. The maximum atomic E-state index is 12.4. The van der Waals surface area contributed by atoms with Crippen molar-refractivity contribution in [1.29, 1.82) is 0 Å². The first-order chi connectivity index (χ1) is 9.31. The van der Waals surface area contributed by atoms with Gasteiger partial charge in [0.1, 0.15) is 0 Å². The minimum atomic E-state index is -3.62. The van der Waals surface area contributed by atoms with E-state index in [1.807, 2.05) is 0 Å². The van der Waals surface area contributed by atoms with Crippen molar-refractivity contribution in [2.75, 3.05) is 0 Å². The molecule has 2 rings (SSSR count). The van der Waals surface area contributed by atoms with E-state index in [0.717, 1.165) is 0 Å². The number of benzene rings is 1. The van der Waals surface area contributed by atoms with E-state index in [9.17, 15) is 13.2 Å². The van der Waals surface area contributed by atoms with Crippen LogP contribution in [0.5, 0.6) is 0 Å². The molecule has 0 amide bonds. The molecular formula is C12H10BrNO4S2.